The summed E-state index contributed by atoms with van der Waals surface area (Å²) in [4.78, 5) is 2.73. The van der Waals surface area contributed by atoms with Gasteiger partial charge < -0.3 is 9.64 Å². The Bertz CT molecular complexity index is 622. The molecule has 1 saturated carbocycles. The lowest BCUT2D eigenvalue weighted by atomic mass is 9.63. The van der Waals surface area contributed by atoms with Crippen LogP contribution in [0, 0.1) is 5.92 Å². The van der Waals surface area contributed by atoms with Crippen molar-refractivity contribution in [1.82, 2.24) is 4.90 Å². The fourth-order valence-electron chi connectivity index (χ4n) is 5.93. The first-order valence-corrected chi connectivity index (χ1v) is 9.59. The molecule has 1 saturated heterocycles. The van der Waals surface area contributed by atoms with E-state index < -0.39 is 0 Å². The third-order valence-corrected chi connectivity index (χ3v) is 6.75. The number of benzene rings is 1. The number of allylic oxidation sites excluding steroid dienone is 2. The molecule has 23 heavy (non-hydrogen) atoms. The van der Waals surface area contributed by atoms with E-state index in [1.165, 1.54) is 56.9 Å². The average Bonchev–Trinajstić information content (AvgIpc) is 3.04. The molecule has 2 fully saturated rings. The van der Waals surface area contributed by atoms with Gasteiger partial charge in [-0.2, -0.15) is 0 Å². The highest BCUT2D eigenvalue weighted by molar-refractivity contribution is 5.39. The van der Waals surface area contributed by atoms with Crippen LogP contribution in [-0.4, -0.2) is 23.8 Å². The van der Waals surface area contributed by atoms with Crippen LogP contribution in [0.1, 0.15) is 62.8 Å². The van der Waals surface area contributed by atoms with Crippen molar-refractivity contribution < 1.29 is 4.74 Å². The normalized spacial score (nSPS) is 36.4. The first-order chi connectivity index (χ1) is 11.4. The van der Waals surface area contributed by atoms with E-state index in [1.807, 2.05) is 0 Å². The van der Waals surface area contributed by atoms with Gasteiger partial charge in [0, 0.05) is 24.1 Å². The average molecular weight is 309 g/mol. The third-order valence-electron chi connectivity index (χ3n) is 6.75. The minimum Gasteiger partial charge on any atom is -0.353 e. The summed E-state index contributed by atoms with van der Waals surface area (Å²) in [6, 6.07) is 11.3. The molecule has 0 radical (unpaired) electrons. The summed E-state index contributed by atoms with van der Waals surface area (Å²) < 4.78 is 6.54. The lowest BCUT2D eigenvalue weighted by molar-refractivity contribution is -0.150. The Hall–Kier alpha value is -1.28. The summed E-state index contributed by atoms with van der Waals surface area (Å²) in [5, 5.41) is 0. The molecule has 5 rings (SSSR count). The Morgan fingerprint density at radius 1 is 1.00 bits per heavy atom. The molecular weight excluding hydrogens is 282 g/mol. The minimum absolute atomic E-state index is 0.0227. The summed E-state index contributed by atoms with van der Waals surface area (Å²) >= 11 is 0. The maximum atomic E-state index is 6.54. The summed E-state index contributed by atoms with van der Waals surface area (Å²) in [7, 11) is 0. The van der Waals surface area contributed by atoms with Gasteiger partial charge in [-0.3, -0.25) is 0 Å². The van der Waals surface area contributed by atoms with Crippen molar-refractivity contribution in [3.05, 3.63) is 47.2 Å². The van der Waals surface area contributed by atoms with Crippen LogP contribution in [0.5, 0.6) is 0 Å². The van der Waals surface area contributed by atoms with Gasteiger partial charge in [-0.15, -0.1) is 0 Å². The van der Waals surface area contributed by atoms with Crippen molar-refractivity contribution in [3.8, 4) is 0 Å². The number of hydrogen-bond acceptors (Lipinski definition) is 2. The van der Waals surface area contributed by atoms with Crippen molar-refractivity contribution in [2.24, 2.45) is 5.92 Å². The van der Waals surface area contributed by atoms with Crippen molar-refractivity contribution in [3.63, 3.8) is 0 Å². The zero-order valence-corrected chi connectivity index (χ0v) is 14.0. The number of hydrogen-bond donors (Lipinski definition) is 0. The van der Waals surface area contributed by atoms with Gasteiger partial charge in [-0.25, -0.2) is 0 Å². The maximum Gasteiger partial charge on any atom is 0.144 e. The quantitative estimate of drug-likeness (QED) is 0.736. The van der Waals surface area contributed by atoms with E-state index in [1.54, 1.807) is 11.3 Å². The first kappa shape index (κ1) is 14.1. The number of ether oxygens (including phenoxy) is 1. The molecule has 4 aliphatic rings. The van der Waals surface area contributed by atoms with Crippen molar-refractivity contribution in [2.75, 3.05) is 13.2 Å². The predicted molar refractivity (Wildman–Crippen MR) is 92.0 cm³/mol. The van der Waals surface area contributed by atoms with Gasteiger partial charge in [-0.05, 0) is 56.1 Å². The number of nitrogens with zero attached hydrogens (tertiary/aromatic N) is 1. The first-order valence-electron chi connectivity index (χ1n) is 9.59. The highest BCUT2D eigenvalue weighted by Crippen LogP contribution is 2.58. The van der Waals surface area contributed by atoms with Gasteiger partial charge in [0.1, 0.15) is 5.72 Å². The topological polar surface area (TPSA) is 12.5 Å². The van der Waals surface area contributed by atoms with Gasteiger partial charge in [0.05, 0.1) is 6.61 Å². The minimum atomic E-state index is 0.0227. The molecule has 0 amide bonds. The molecule has 2 aliphatic heterocycles. The molecule has 2 aliphatic carbocycles. The molecular formula is C21H27NO. The molecule has 2 nitrogen and oxygen atoms in total. The van der Waals surface area contributed by atoms with Crippen LogP contribution in [0.25, 0.3) is 0 Å². The van der Waals surface area contributed by atoms with E-state index in [0.29, 0.717) is 11.8 Å². The van der Waals surface area contributed by atoms with E-state index in [0.717, 1.165) is 13.2 Å². The molecule has 1 spiro atoms. The number of rotatable bonds is 1. The zero-order chi connectivity index (χ0) is 15.3. The molecule has 0 bridgehead atoms. The van der Waals surface area contributed by atoms with Crippen LogP contribution >= 0.6 is 0 Å². The van der Waals surface area contributed by atoms with E-state index in [4.69, 9.17) is 4.74 Å². The van der Waals surface area contributed by atoms with E-state index >= 15 is 0 Å². The van der Waals surface area contributed by atoms with Crippen LogP contribution < -0.4 is 0 Å². The maximum absolute atomic E-state index is 6.54. The van der Waals surface area contributed by atoms with Crippen LogP contribution in [0.15, 0.2) is 41.6 Å². The highest BCUT2D eigenvalue weighted by atomic mass is 16.5. The van der Waals surface area contributed by atoms with Gasteiger partial charge in [0.2, 0.25) is 0 Å². The van der Waals surface area contributed by atoms with Gasteiger partial charge in [-0.1, -0.05) is 36.8 Å². The Morgan fingerprint density at radius 3 is 2.78 bits per heavy atom. The van der Waals surface area contributed by atoms with Crippen molar-refractivity contribution in [2.45, 2.75) is 63.0 Å². The van der Waals surface area contributed by atoms with Crippen LogP contribution in [0.2, 0.25) is 0 Å². The second kappa shape index (κ2) is 5.37. The fraction of sp³-hybridized carbons (Fsp3) is 0.619. The van der Waals surface area contributed by atoms with Gasteiger partial charge >= 0.3 is 0 Å². The lowest BCUT2D eigenvalue weighted by Gasteiger charge is -2.56. The zero-order valence-electron chi connectivity index (χ0n) is 14.0. The standard InChI is InChI=1S/C21H27NO/c1-2-8-16(9-3-1)20-17-10-4-5-12-19(17)22-14-15-23-21(22)13-7-6-11-18(20)21/h1-3,8-9,18,20H,4-7,10-15H2. The van der Waals surface area contributed by atoms with Gasteiger partial charge in [0.15, 0.2) is 0 Å². The Labute approximate surface area is 139 Å². The van der Waals surface area contributed by atoms with Crippen LogP contribution in [0.4, 0.5) is 0 Å². The molecule has 122 valence electrons. The second-order valence-electron chi connectivity index (χ2n) is 7.76. The van der Waals surface area contributed by atoms with E-state index in [2.05, 4.69) is 35.2 Å². The van der Waals surface area contributed by atoms with Crippen LogP contribution in [0.3, 0.4) is 0 Å². The Kier molecular flexibility index (Phi) is 3.29. The smallest absolute Gasteiger partial charge is 0.144 e. The largest absolute Gasteiger partial charge is 0.353 e. The SMILES string of the molecule is c1ccc(C2C3=C(CCCC3)N3CCOC34CCCCC24)cc1. The van der Waals surface area contributed by atoms with E-state index in [-0.39, 0.29) is 5.72 Å². The predicted octanol–water partition coefficient (Wildman–Crippen LogP) is 4.83. The molecule has 3 atom stereocenters. The molecule has 2 heteroatoms. The summed E-state index contributed by atoms with van der Waals surface area (Å²) in [6.07, 6.45) is 10.6. The summed E-state index contributed by atoms with van der Waals surface area (Å²) in [5.41, 5.74) is 4.98. The third kappa shape index (κ3) is 1.97. The lowest BCUT2D eigenvalue weighted by Crippen LogP contribution is -2.57. The molecule has 2 heterocycles. The summed E-state index contributed by atoms with van der Waals surface area (Å²) in [6.45, 7) is 2.05. The molecule has 0 aromatic heterocycles. The molecule has 3 unspecified atom stereocenters. The van der Waals surface area contributed by atoms with E-state index in [9.17, 15) is 0 Å². The second-order valence-corrected chi connectivity index (χ2v) is 7.76. The molecule has 0 N–H and O–H groups in total. The Balaban J connectivity index is 1.69. The molecule has 1 aromatic carbocycles. The van der Waals surface area contributed by atoms with Crippen LogP contribution in [-0.2, 0) is 4.74 Å². The number of fused-ring (bicyclic) bond motifs is 1. The summed E-state index contributed by atoms with van der Waals surface area (Å²) in [5.74, 6) is 1.25. The van der Waals surface area contributed by atoms with Crippen molar-refractivity contribution in [1.29, 1.82) is 0 Å². The van der Waals surface area contributed by atoms with Gasteiger partial charge in [0.25, 0.3) is 0 Å². The highest BCUT2D eigenvalue weighted by Gasteiger charge is 2.57. The monoisotopic (exact) mass is 309 g/mol. The molecule has 1 aromatic rings. The fourth-order valence-corrected chi connectivity index (χ4v) is 5.93. The Morgan fingerprint density at radius 2 is 1.87 bits per heavy atom. The van der Waals surface area contributed by atoms with Crippen molar-refractivity contribution >= 4 is 0 Å².